The first-order chi connectivity index (χ1) is 7.51. The summed E-state index contributed by atoms with van der Waals surface area (Å²) in [6.07, 6.45) is 0. The van der Waals surface area contributed by atoms with E-state index in [-0.39, 0.29) is 5.54 Å². The normalized spacial score (nSPS) is 11.5. The fourth-order valence-corrected chi connectivity index (χ4v) is 2.34. The second-order valence-electron chi connectivity index (χ2n) is 4.56. The van der Waals surface area contributed by atoms with Crippen LogP contribution in [0.1, 0.15) is 26.3 Å². The molecule has 0 atom stereocenters. The molecule has 0 aliphatic heterocycles. The van der Waals surface area contributed by atoms with Crippen LogP contribution in [0.5, 0.6) is 5.75 Å². The van der Waals surface area contributed by atoms with E-state index in [9.17, 15) is 0 Å². The first-order valence-electron chi connectivity index (χ1n) is 5.59. The van der Waals surface area contributed by atoms with E-state index in [1.165, 1.54) is 5.56 Å². The molecule has 0 saturated heterocycles. The summed E-state index contributed by atoms with van der Waals surface area (Å²) in [5.41, 5.74) is 7.15. The zero-order valence-electron chi connectivity index (χ0n) is 10.3. The fraction of sp³-hybridized carbons (Fsp3) is 0.538. The Morgan fingerprint density at radius 2 is 1.88 bits per heavy atom. The van der Waals surface area contributed by atoms with Crippen LogP contribution in [0.4, 0.5) is 0 Å². The van der Waals surface area contributed by atoms with E-state index in [1.54, 1.807) is 0 Å². The smallest absolute Gasteiger partial charge is 0.119 e. The number of thioether (sulfide) groups is 1. The Kier molecular flexibility index (Phi) is 5.16. The molecule has 2 N–H and O–H groups in total. The summed E-state index contributed by atoms with van der Waals surface area (Å²) in [5, 5.41) is 0. The van der Waals surface area contributed by atoms with E-state index >= 15 is 0 Å². The van der Waals surface area contributed by atoms with Gasteiger partial charge in [0.15, 0.2) is 0 Å². The second-order valence-corrected chi connectivity index (χ2v) is 5.54. The van der Waals surface area contributed by atoms with Gasteiger partial charge in [0, 0.05) is 17.0 Å². The Bertz CT molecular complexity index is 303. The van der Waals surface area contributed by atoms with E-state index in [0.29, 0.717) is 0 Å². The third kappa shape index (κ3) is 5.42. The summed E-state index contributed by atoms with van der Waals surface area (Å²) < 4.78 is 5.39. The monoisotopic (exact) mass is 239 g/mol. The summed E-state index contributed by atoms with van der Waals surface area (Å²) in [6.45, 7) is 6.82. The third-order valence-corrected chi connectivity index (χ3v) is 3.46. The molecule has 3 heteroatoms. The summed E-state index contributed by atoms with van der Waals surface area (Å²) >= 11 is 1.87. The van der Waals surface area contributed by atoms with Crippen LogP contribution in [0.25, 0.3) is 0 Å². The Balaban J connectivity index is 2.37. The molecule has 0 radical (unpaired) electrons. The molecular formula is C13H21NOS. The van der Waals surface area contributed by atoms with Gasteiger partial charge in [0.2, 0.25) is 0 Å². The fourth-order valence-electron chi connectivity index (χ4n) is 1.28. The topological polar surface area (TPSA) is 35.2 Å². The molecule has 16 heavy (non-hydrogen) atoms. The van der Waals surface area contributed by atoms with Gasteiger partial charge in [-0.1, -0.05) is 12.1 Å². The van der Waals surface area contributed by atoms with Gasteiger partial charge in [0.05, 0.1) is 6.61 Å². The maximum atomic E-state index is 5.92. The molecular weight excluding hydrogens is 218 g/mol. The van der Waals surface area contributed by atoms with Crippen molar-refractivity contribution in [2.24, 2.45) is 5.73 Å². The SMILES string of the molecule is CCOc1ccc(CSCC(C)(C)N)cc1. The van der Waals surface area contributed by atoms with Crippen LogP contribution in [-0.4, -0.2) is 17.9 Å². The molecule has 1 aromatic rings. The van der Waals surface area contributed by atoms with E-state index in [1.807, 2.05) is 30.8 Å². The van der Waals surface area contributed by atoms with Crippen molar-refractivity contribution in [3.05, 3.63) is 29.8 Å². The van der Waals surface area contributed by atoms with Gasteiger partial charge < -0.3 is 10.5 Å². The maximum Gasteiger partial charge on any atom is 0.119 e. The van der Waals surface area contributed by atoms with Gasteiger partial charge in [-0.3, -0.25) is 0 Å². The number of rotatable bonds is 6. The first-order valence-corrected chi connectivity index (χ1v) is 6.75. The third-order valence-electron chi connectivity index (χ3n) is 1.98. The summed E-state index contributed by atoms with van der Waals surface area (Å²) in [4.78, 5) is 0. The first kappa shape index (κ1) is 13.4. The highest BCUT2D eigenvalue weighted by Crippen LogP contribution is 2.19. The van der Waals surface area contributed by atoms with Crippen LogP contribution < -0.4 is 10.5 Å². The standard InChI is InChI=1S/C13H21NOS/c1-4-15-12-7-5-11(6-8-12)9-16-10-13(2,3)14/h5-8H,4,9-10,14H2,1-3H3. The molecule has 0 aliphatic carbocycles. The van der Waals surface area contributed by atoms with Crippen molar-refractivity contribution in [1.29, 1.82) is 0 Å². The van der Waals surface area contributed by atoms with Gasteiger partial charge >= 0.3 is 0 Å². The zero-order valence-corrected chi connectivity index (χ0v) is 11.1. The van der Waals surface area contributed by atoms with Gasteiger partial charge in [-0.2, -0.15) is 11.8 Å². The molecule has 90 valence electrons. The molecule has 1 rings (SSSR count). The van der Waals surface area contributed by atoms with Gasteiger partial charge in [-0.05, 0) is 38.5 Å². The van der Waals surface area contributed by atoms with Crippen molar-refractivity contribution in [2.45, 2.75) is 32.1 Å². The molecule has 0 saturated carbocycles. The van der Waals surface area contributed by atoms with Crippen LogP contribution in [0, 0.1) is 0 Å². The average Bonchev–Trinajstić information content (AvgIpc) is 2.19. The predicted molar refractivity (Wildman–Crippen MR) is 72.0 cm³/mol. The van der Waals surface area contributed by atoms with Crippen LogP contribution in [-0.2, 0) is 5.75 Å². The molecule has 0 fully saturated rings. The van der Waals surface area contributed by atoms with Crippen molar-refractivity contribution in [3.63, 3.8) is 0 Å². The van der Waals surface area contributed by atoms with Crippen molar-refractivity contribution in [2.75, 3.05) is 12.4 Å². The summed E-state index contributed by atoms with van der Waals surface area (Å²) in [7, 11) is 0. The van der Waals surface area contributed by atoms with Crippen molar-refractivity contribution in [1.82, 2.24) is 0 Å². The molecule has 1 aromatic carbocycles. The molecule has 0 spiro atoms. The Morgan fingerprint density at radius 1 is 1.25 bits per heavy atom. The Hall–Kier alpha value is -0.670. The predicted octanol–water partition coefficient (Wildman–Crippen LogP) is 3.06. The van der Waals surface area contributed by atoms with Crippen LogP contribution in [0.15, 0.2) is 24.3 Å². The van der Waals surface area contributed by atoms with Crippen molar-refractivity contribution < 1.29 is 4.74 Å². The quantitative estimate of drug-likeness (QED) is 0.828. The lowest BCUT2D eigenvalue weighted by atomic mass is 10.1. The summed E-state index contributed by atoms with van der Waals surface area (Å²) in [6, 6.07) is 8.27. The highest BCUT2D eigenvalue weighted by atomic mass is 32.2. The molecule has 0 amide bonds. The molecule has 0 unspecified atom stereocenters. The highest BCUT2D eigenvalue weighted by molar-refractivity contribution is 7.98. The zero-order chi connectivity index (χ0) is 12.0. The van der Waals surface area contributed by atoms with E-state index < -0.39 is 0 Å². The minimum atomic E-state index is -0.0874. The minimum Gasteiger partial charge on any atom is -0.494 e. The Morgan fingerprint density at radius 3 is 2.38 bits per heavy atom. The summed E-state index contributed by atoms with van der Waals surface area (Å²) in [5.74, 6) is 2.92. The molecule has 0 bridgehead atoms. The number of hydrogen-bond acceptors (Lipinski definition) is 3. The van der Waals surface area contributed by atoms with Gasteiger partial charge in [0.1, 0.15) is 5.75 Å². The van der Waals surface area contributed by atoms with Crippen LogP contribution >= 0.6 is 11.8 Å². The van der Waals surface area contributed by atoms with E-state index in [2.05, 4.69) is 26.0 Å². The van der Waals surface area contributed by atoms with Crippen LogP contribution in [0.3, 0.4) is 0 Å². The molecule has 0 heterocycles. The van der Waals surface area contributed by atoms with Crippen molar-refractivity contribution in [3.8, 4) is 5.75 Å². The average molecular weight is 239 g/mol. The maximum absolute atomic E-state index is 5.92. The van der Waals surface area contributed by atoms with Gasteiger partial charge in [0.25, 0.3) is 0 Å². The minimum absolute atomic E-state index is 0.0874. The molecule has 2 nitrogen and oxygen atoms in total. The number of ether oxygens (including phenoxy) is 1. The molecule has 0 aliphatic rings. The second kappa shape index (κ2) is 6.16. The molecule has 0 aromatic heterocycles. The van der Waals surface area contributed by atoms with Crippen LogP contribution in [0.2, 0.25) is 0 Å². The van der Waals surface area contributed by atoms with Gasteiger partial charge in [-0.25, -0.2) is 0 Å². The lowest BCUT2D eigenvalue weighted by Gasteiger charge is -2.17. The largest absolute Gasteiger partial charge is 0.494 e. The number of hydrogen-bond donors (Lipinski definition) is 1. The number of nitrogens with two attached hydrogens (primary N) is 1. The Labute approximate surface area is 103 Å². The van der Waals surface area contributed by atoms with E-state index in [0.717, 1.165) is 23.9 Å². The van der Waals surface area contributed by atoms with Gasteiger partial charge in [-0.15, -0.1) is 0 Å². The van der Waals surface area contributed by atoms with E-state index in [4.69, 9.17) is 10.5 Å². The lowest BCUT2D eigenvalue weighted by molar-refractivity contribution is 0.340. The van der Waals surface area contributed by atoms with Crippen molar-refractivity contribution >= 4 is 11.8 Å². The lowest BCUT2D eigenvalue weighted by Crippen LogP contribution is -2.34. The highest BCUT2D eigenvalue weighted by Gasteiger charge is 2.09. The number of benzene rings is 1.